The van der Waals surface area contributed by atoms with E-state index in [1.165, 1.54) is 0 Å². The Balaban J connectivity index is 2.91. The van der Waals surface area contributed by atoms with Crippen LogP contribution in [0.5, 0.6) is 0 Å². The molecule has 0 fully saturated rings. The Kier molecular flexibility index (Phi) is 4.96. The maximum Gasteiger partial charge on any atom is 0.235 e. The molecule has 0 aromatic heterocycles. The average molecular weight is 257 g/mol. The number of nitrogens with one attached hydrogen (secondary N) is 1. The van der Waals surface area contributed by atoms with Crippen LogP contribution in [0.2, 0.25) is 0 Å². The van der Waals surface area contributed by atoms with Gasteiger partial charge >= 0.3 is 0 Å². The fourth-order valence-corrected chi connectivity index (χ4v) is 1.97. The van der Waals surface area contributed by atoms with Crippen LogP contribution in [0.15, 0.2) is 24.3 Å². The molecule has 1 rings (SSSR count). The third kappa shape index (κ3) is 4.02. The van der Waals surface area contributed by atoms with Crippen molar-refractivity contribution in [1.82, 2.24) is 0 Å². The van der Waals surface area contributed by atoms with Gasteiger partial charge in [0, 0.05) is 12.2 Å². The van der Waals surface area contributed by atoms with Gasteiger partial charge in [-0.05, 0) is 26.8 Å². The lowest BCUT2D eigenvalue weighted by atomic mass is 10.2. The van der Waals surface area contributed by atoms with E-state index in [1.54, 1.807) is 26.0 Å². The molecule has 0 spiro atoms. The first kappa shape index (κ1) is 14.0. The van der Waals surface area contributed by atoms with Gasteiger partial charge in [-0.2, -0.15) is 0 Å². The molecule has 0 unspecified atom stereocenters. The van der Waals surface area contributed by atoms with Gasteiger partial charge in [-0.25, -0.2) is 8.42 Å². The summed E-state index contributed by atoms with van der Waals surface area (Å²) in [6.07, 6.45) is 0. The number of para-hydroxylation sites is 1. The van der Waals surface area contributed by atoms with Crippen molar-refractivity contribution in [3.63, 3.8) is 0 Å². The smallest absolute Gasteiger partial charge is 0.235 e. The highest BCUT2D eigenvalue weighted by molar-refractivity contribution is 7.93. The van der Waals surface area contributed by atoms with Gasteiger partial charge in [0.15, 0.2) is 0 Å². The molecule has 1 aromatic rings. The first-order valence-corrected chi connectivity index (χ1v) is 7.19. The average Bonchev–Trinajstić information content (AvgIpc) is 2.27. The van der Waals surface area contributed by atoms with Gasteiger partial charge in [0.1, 0.15) is 0 Å². The normalized spacial score (nSPS) is 11.8. The van der Waals surface area contributed by atoms with Gasteiger partial charge in [0.2, 0.25) is 10.0 Å². The van der Waals surface area contributed by atoms with Gasteiger partial charge in [-0.1, -0.05) is 18.2 Å². The summed E-state index contributed by atoms with van der Waals surface area (Å²) in [6.45, 7) is 6.21. The quantitative estimate of drug-likeness (QED) is 0.851. The van der Waals surface area contributed by atoms with Crippen molar-refractivity contribution in [3.8, 4) is 0 Å². The third-order valence-corrected chi connectivity index (χ3v) is 4.10. The zero-order chi connectivity index (χ0) is 12.9. The predicted octanol–water partition coefficient (Wildman–Crippen LogP) is 2.37. The second-order valence-electron chi connectivity index (χ2n) is 3.99. The van der Waals surface area contributed by atoms with Crippen molar-refractivity contribution in [1.29, 1.82) is 0 Å². The van der Waals surface area contributed by atoms with Crippen molar-refractivity contribution < 1.29 is 13.2 Å². The summed E-state index contributed by atoms with van der Waals surface area (Å²) in [7, 11) is -3.30. The van der Waals surface area contributed by atoms with Crippen molar-refractivity contribution in [2.45, 2.75) is 32.6 Å². The summed E-state index contributed by atoms with van der Waals surface area (Å²) in [6, 6.07) is 7.26. The Morgan fingerprint density at radius 3 is 2.53 bits per heavy atom. The number of rotatable bonds is 6. The first-order valence-electron chi connectivity index (χ1n) is 5.64. The fourth-order valence-electron chi connectivity index (χ4n) is 1.23. The molecule has 0 radical (unpaired) electrons. The Labute approximate surface area is 103 Å². The summed E-state index contributed by atoms with van der Waals surface area (Å²) >= 11 is 0. The van der Waals surface area contributed by atoms with Crippen LogP contribution >= 0.6 is 0 Å². The number of hydrogen-bond donors (Lipinski definition) is 1. The predicted molar refractivity (Wildman–Crippen MR) is 69.5 cm³/mol. The molecule has 0 atom stereocenters. The minimum Gasteiger partial charge on any atom is -0.377 e. The fraction of sp³-hybridized carbons (Fsp3) is 0.500. The molecule has 5 heteroatoms. The zero-order valence-electron chi connectivity index (χ0n) is 10.4. The largest absolute Gasteiger partial charge is 0.377 e. The molecule has 1 N–H and O–H groups in total. The van der Waals surface area contributed by atoms with Crippen LogP contribution < -0.4 is 4.72 Å². The molecule has 17 heavy (non-hydrogen) atoms. The minimum atomic E-state index is -3.30. The number of sulfonamides is 1. The van der Waals surface area contributed by atoms with E-state index < -0.39 is 15.3 Å². The molecule has 1 aromatic carbocycles. The molecular formula is C12H19NO3S. The van der Waals surface area contributed by atoms with E-state index in [-0.39, 0.29) is 0 Å². The van der Waals surface area contributed by atoms with E-state index in [4.69, 9.17) is 4.74 Å². The standard InChI is InChI=1S/C12H19NO3S/c1-4-16-9-11-7-5-6-8-12(11)13-17(14,15)10(2)3/h5-8,10,13H,4,9H2,1-3H3. The second-order valence-corrected chi connectivity index (χ2v) is 6.23. The third-order valence-electron chi connectivity index (χ3n) is 2.35. The maximum absolute atomic E-state index is 11.8. The van der Waals surface area contributed by atoms with Gasteiger partial charge in [-0.3, -0.25) is 4.72 Å². The summed E-state index contributed by atoms with van der Waals surface area (Å²) in [5, 5.41) is -0.456. The Bertz CT molecular complexity index is 455. The first-order chi connectivity index (χ1) is 7.97. The lowest BCUT2D eigenvalue weighted by Crippen LogP contribution is -2.23. The lowest BCUT2D eigenvalue weighted by molar-refractivity contribution is 0.134. The second kappa shape index (κ2) is 6.02. The van der Waals surface area contributed by atoms with Crippen molar-refractivity contribution >= 4 is 15.7 Å². The van der Waals surface area contributed by atoms with Crippen LogP contribution in [0.1, 0.15) is 26.3 Å². The van der Waals surface area contributed by atoms with Crippen LogP contribution in [0, 0.1) is 0 Å². The van der Waals surface area contributed by atoms with E-state index in [0.29, 0.717) is 18.9 Å². The molecule has 0 aliphatic carbocycles. The molecule has 0 heterocycles. The van der Waals surface area contributed by atoms with Gasteiger partial charge in [0.05, 0.1) is 17.5 Å². The van der Waals surface area contributed by atoms with Gasteiger partial charge in [-0.15, -0.1) is 0 Å². The monoisotopic (exact) mass is 257 g/mol. The topological polar surface area (TPSA) is 55.4 Å². The number of hydrogen-bond acceptors (Lipinski definition) is 3. The van der Waals surface area contributed by atoms with Crippen molar-refractivity contribution in [2.24, 2.45) is 0 Å². The highest BCUT2D eigenvalue weighted by Crippen LogP contribution is 2.18. The molecule has 4 nitrogen and oxygen atoms in total. The molecule has 0 bridgehead atoms. The Hall–Kier alpha value is -1.07. The SMILES string of the molecule is CCOCc1ccccc1NS(=O)(=O)C(C)C. The number of benzene rings is 1. The molecule has 96 valence electrons. The van der Waals surface area contributed by atoms with Crippen molar-refractivity contribution in [2.75, 3.05) is 11.3 Å². The summed E-state index contributed by atoms with van der Waals surface area (Å²) in [5.74, 6) is 0. The summed E-state index contributed by atoms with van der Waals surface area (Å²) in [5.41, 5.74) is 1.44. The van der Waals surface area contributed by atoms with Crippen LogP contribution in [0.3, 0.4) is 0 Å². The molecule has 0 amide bonds. The molecule has 0 saturated carbocycles. The Morgan fingerprint density at radius 1 is 1.29 bits per heavy atom. The summed E-state index contributed by atoms with van der Waals surface area (Å²) < 4.78 is 31.4. The van der Waals surface area contributed by atoms with Crippen LogP contribution in [-0.4, -0.2) is 20.3 Å². The minimum absolute atomic E-state index is 0.410. The lowest BCUT2D eigenvalue weighted by Gasteiger charge is -2.14. The van der Waals surface area contributed by atoms with E-state index in [0.717, 1.165) is 5.56 Å². The van der Waals surface area contributed by atoms with Gasteiger partial charge in [0.25, 0.3) is 0 Å². The van der Waals surface area contributed by atoms with Crippen LogP contribution in [-0.2, 0) is 21.4 Å². The van der Waals surface area contributed by atoms with Crippen LogP contribution in [0.25, 0.3) is 0 Å². The number of anilines is 1. The molecule has 0 saturated heterocycles. The molecule has 0 aliphatic rings. The van der Waals surface area contributed by atoms with E-state index in [1.807, 2.05) is 19.1 Å². The van der Waals surface area contributed by atoms with E-state index in [9.17, 15) is 8.42 Å². The van der Waals surface area contributed by atoms with Crippen LogP contribution in [0.4, 0.5) is 5.69 Å². The highest BCUT2D eigenvalue weighted by Gasteiger charge is 2.16. The maximum atomic E-state index is 11.8. The summed E-state index contributed by atoms with van der Waals surface area (Å²) in [4.78, 5) is 0. The van der Waals surface area contributed by atoms with E-state index in [2.05, 4.69) is 4.72 Å². The Morgan fingerprint density at radius 2 is 1.94 bits per heavy atom. The number of ether oxygens (including phenoxy) is 1. The van der Waals surface area contributed by atoms with Gasteiger partial charge < -0.3 is 4.74 Å². The molecule has 0 aliphatic heterocycles. The zero-order valence-corrected chi connectivity index (χ0v) is 11.3. The van der Waals surface area contributed by atoms with E-state index >= 15 is 0 Å². The van der Waals surface area contributed by atoms with Crippen molar-refractivity contribution in [3.05, 3.63) is 29.8 Å². The molecular weight excluding hydrogens is 238 g/mol. The highest BCUT2D eigenvalue weighted by atomic mass is 32.2.